The van der Waals surface area contributed by atoms with Gasteiger partial charge in [-0.05, 0) is 31.2 Å². The molecule has 0 radical (unpaired) electrons. The Morgan fingerprint density at radius 2 is 1.21 bits per heavy atom. The van der Waals surface area contributed by atoms with Crippen LogP contribution in [0.2, 0.25) is 0 Å². The highest BCUT2D eigenvalue weighted by atomic mass is 16.3. The van der Waals surface area contributed by atoms with E-state index in [1.807, 2.05) is 36.4 Å². The second-order valence-corrected chi connectivity index (χ2v) is 5.86. The van der Waals surface area contributed by atoms with Gasteiger partial charge in [-0.2, -0.15) is 5.26 Å². The summed E-state index contributed by atoms with van der Waals surface area (Å²) in [4.78, 5) is 0. The van der Waals surface area contributed by atoms with Gasteiger partial charge in [0.05, 0.1) is 11.6 Å². The Kier molecular flexibility index (Phi) is 3.40. The van der Waals surface area contributed by atoms with Crippen LogP contribution in [0.25, 0.3) is 33.4 Å². The Bertz CT molecular complexity index is 1050. The molecule has 0 fully saturated rings. The monoisotopic (exact) mass is 309 g/mol. The fourth-order valence-corrected chi connectivity index (χ4v) is 2.92. The number of hydrogen-bond donors (Lipinski definition) is 0. The Morgan fingerprint density at radius 3 is 1.71 bits per heavy atom. The van der Waals surface area contributed by atoms with E-state index < -0.39 is 0 Å². The van der Waals surface area contributed by atoms with Crippen LogP contribution < -0.4 is 0 Å². The summed E-state index contributed by atoms with van der Waals surface area (Å²) in [5.41, 5.74) is 3.91. The molecule has 0 spiro atoms. The zero-order valence-electron chi connectivity index (χ0n) is 13.3. The molecular weight excluding hydrogens is 294 g/mol. The first-order valence-corrected chi connectivity index (χ1v) is 7.85. The molecule has 4 aromatic rings. The van der Waals surface area contributed by atoms with Gasteiger partial charge in [-0.3, -0.25) is 0 Å². The van der Waals surface area contributed by atoms with Crippen LogP contribution in [0.3, 0.4) is 0 Å². The summed E-state index contributed by atoms with van der Waals surface area (Å²) in [5.74, 6) is 1.72. The number of benzene rings is 3. The molecule has 0 atom stereocenters. The van der Waals surface area contributed by atoms with Gasteiger partial charge in [-0.15, -0.1) is 0 Å². The summed E-state index contributed by atoms with van der Waals surface area (Å²) in [6, 6.07) is 26.2. The van der Waals surface area contributed by atoms with E-state index in [9.17, 15) is 0 Å². The fourth-order valence-electron chi connectivity index (χ4n) is 2.92. The van der Waals surface area contributed by atoms with Gasteiger partial charge >= 0.3 is 0 Å². The van der Waals surface area contributed by atoms with Crippen molar-refractivity contribution in [1.82, 2.24) is 0 Å². The van der Waals surface area contributed by atoms with E-state index in [-0.39, 0.29) is 0 Å². The molecule has 0 amide bonds. The van der Waals surface area contributed by atoms with Crippen molar-refractivity contribution in [2.75, 3.05) is 0 Å². The summed E-state index contributed by atoms with van der Waals surface area (Å²) in [5, 5.41) is 11.2. The molecule has 24 heavy (non-hydrogen) atoms. The van der Waals surface area contributed by atoms with Crippen molar-refractivity contribution in [2.24, 2.45) is 0 Å². The van der Waals surface area contributed by atoms with E-state index in [0.29, 0.717) is 5.56 Å². The van der Waals surface area contributed by atoms with Crippen molar-refractivity contribution in [2.45, 2.75) is 6.92 Å². The van der Waals surface area contributed by atoms with Crippen LogP contribution in [0.1, 0.15) is 11.1 Å². The average Bonchev–Trinajstić information content (AvgIpc) is 3.02. The van der Waals surface area contributed by atoms with Crippen molar-refractivity contribution in [3.8, 4) is 28.7 Å². The van der Waals surface area contributed by atoms with Gasteiger partial charge in [0.2, 0.25) is 0 Å². The summed E-state index contributed by atoms with van der Waals surface area (Å²) in [6.07, 6.45) is 0. The van der Waals surface area contributed by atoms with Crippen LogP contribution in [0.4, 0.5) is 0 Å². The van der Waals surface area contributed by atoms with E-state index in [1.54, 1.807) is 0 Å². The molecule has 1 aromatic heterocycles. The number of furan rings is 1. The maximum Gasteiger partial charge on any atom is 0.142 e. The van der Waals surface area contributed by atoms with E-state index in [2.05, 4.69) is 49.4 Å². The van der Waals surface area contributed by atoms with Crippen molar-refractivity contribution < 1.29 is 4.42 Å². The van der Waals surface area contributed by atoms with Crippen LogP contribution in [-0.2, 0) is 0 Å². The molecule has 2 nitrogen and oxygen atoms in total. The zero-order valence-corrected chi connectivity index (χ0v) is 13.3. The molecule has 0 saturated carbocycles. The molecule has 0 saturated heterocycles. The second-order valence-electron chi connectivity index (χ2n) is 5.86. The molecule has 0 aliphatic carbocycles. The van der Waals surface area contributed by atoms with Gasteiger partial charge in [-0.1, -0.05) is 54.1 Å². The van der Waals surface area contributed by atoms with Gasteiger partial charge in [0.1, 0.15) is 11.5 Å². The van der Waals surface area contributed by atoms with Crippen molar-refractivity contribution in [3.63, 3.8) is 0 Å². The quantitative estimate of drug-likeness (QED) is 0.459. The number of nitriles is 1. The van der Waals surface area contributed by atoms with Crippen molar-refractivity contribution >= 4 is 10.8 Å². The predicted octanol–water partition coefficient (Wildman–Crippen LogP) is 5.95. The second kappa shape index (κ2) is 5.72. The molecule has 0 aliphatic rings. The van der Waals surface area contributed by atoms with Crippen LogP contribution in [0.15, 0.2) is 77.2 Å². The highest BCUT2D eigenvalue weighted by Gasteiger charge is 2.15. The Balaban J connectivity index is 1.93. The molecule has 0 bridgehead atoms. The minimum absolute atomic E-state index is 0.647. The SMILES string of the molecule is Cc1ccc(-c2oc(-c3ccc(C#N)cc3)c3ccccc23)cc1. The largest absolute Gasteiger partial charge is 0.455 e. The summed E-state index contributed by atoms with van der Waals surface area (Å²) >= 11 is 0. The normalized spacial score (nSPS) is 10.7. The van der Waals surface area contributed by atoms with Gasteiger partial charge in [-0.25, -0.2) is 0 Å². The lowest BCUT2D eigenvalue weighted by molar-refractivity contribution is 0.602. The molecule has 0 aliphatic heterocycles. The molecular formula is C22H15NO. The van der Waals surface area contributed by atoms with Crippen LogP contribution in [-0.4, -0.2) is 0 Å². The minimum Gasteiger partial charge on any atom is -0.455 e. The lowest BCUT2D eigenvalue weighted by Crippen LogP contribution is -1.77. The molecule has 0 unspecified atom stereocenters. The number of hydrogen-bond acceptors (Lipinski definition) is 2. The molecule has 4 rings (SSSR count). The van der Waals surface area contributed by atoms with Crippen LogP contribution in [0.5, 0.6) is 0 Å². The Labute approximate surface area is 140 Å². The maximum atomic E-state index is 8.97. The van der Waals surface area contributed by atoms with Gasteiger partial charge in [0, 0.05) is 21.9 Å². The Hall–Kier alpha value is -3.31. The first kappa shape index (κ1) is 14.3. The van der Waals surface area contributed by atoms with Gasteiger partial charge in [0.25, 0.3) is 0 Å². The standard InChI is InChI=1S/C22H15NO/c1-15-6-10-17(11-7-15)21-19-4-2-3-5-20(19)22(24-21)18-12-8-16(14-23)9-13-18/h2-13H,1H3. The first-order chi connectivity index (χ1) is 11.8. The highest BCUT2D eigenvalue weighted by Crippen LogP contribution is 2.39. The zero-order chi connectivity index (χ0) is 16.5. The Morgan fingerprint density at radius 1 is 0.708 bits per heavy atom. The third kappa shape index (κ3) is 2.37. The summed E-state index contributed by atoms with van der Waals surface area (Å²) in [7, 11) is 0. The molecule has 114 valence electrons. The van der Waals surface area contributed by atoms with Crippen LogP contribution >= 0.6 is 0 Å². The predicted molar refractivity (Wildman–Crippen MR) is 96.5 cm³/mol. The smallest absolute Gasteiger partial charge is 0.142 e. The number of aryl methyl sites for hydroxylation is 1. The first-order valence-electron chi connectivity index (χ1n) is 7.85. The van der Waals surface area contributed by atoms with Crippen molar-refractivity contribution in [3.05, 3.63) is 83.9 Å². The number of nitrogens with zero attached hydrogens (tertiary/aromatic N) is 1. The third-order valence-electron chi connectivity index (χ3n) is 4.21. The number of rotatable bonds is 2. The van der Waals surface area contributed by atoms with E-state index in [0.717, 1.165) is 33.4 Å². The topological polar surface area (TPSA) is 36.9 Å². The molecule has 0 N–H and O–H groups in total. The average molecular weight is 309 g/mol. The molecule has 1 heterocycles. The lowest BCUT2D eigenvalue weighted by Gasteiger charge is -2.00. The van der Waals surface area contributed by atoms with E-state index in [1.165, 1.54) is 5.56 Å². The minimum atomic E-state index is 0.647. The van der Waals surface area contributed by atoms with E-state index in [4.69, 9.17) is 9.68 Å². The summed E-state index contributed by atoms with van der Waals surface area (Å²) < 4.78 is 6.27. The highest BCUT2D eigenvalue weighted by molar-refractivity contribution is 6.02. The maximum absolute atomic E-state index is 8.97. The van der Waals surface area contributed by atoms with Crippen LogP contribution in [0, 0.1) is 18.3 Å². The fraction of sp³-hybridized carbons (Fsp3) is 0.0455. The van der Waals surface area contributed by atoms with Gasteiger partial charge < -0.3 is 4.42 Å². The summed E-state index contributed by atoms with van der Waals surface area (Å²) in [6.45, 7) is 2.08. The third-order valence-corrected chi connectivity index (χ3v) is 4.21. The molecule has 3 aromatic carbocycles. The van der Waals surface area contributed by atoms with E-state index >= 15 is 0 Å². The molecule has 2 heteroatoms. The number of fused-ring (bicyclic) bond motifs is 1. The van der Waals surface area contributed by atoms with Crippen molar-refractivity contribution in [1.29, 1.82) is 5.26 Å². The lowest BCUT2D eigenvalue weighted by atomic mass is 10.0. The van der Waals surface area contributed by atoms with Gasteiger partial charge in [0.15, 0.2) is 0 Å².